The van der Waals surface area contributed by atoms with E-state index in [0.717, 1.165) is 4.57 Å². The van der Waals surface area contributed by atoms with Crippen LogP contribution in [0.2, 0.25) is 0 Å². The minimum Gasteiger partial charge on any atom is -0.478 e. The molecule has 2 aromatic rings. The van der Waals surface area contributed by atoms with E-state index in [0.29, 0.717) is 5.39 Å². The number of fused-ring (bicyclic) bond motifs is 1. The van der Waals surface area contributed by atoms with Crippen molar-refractivity contribution in [2.24, 2.45) is 0 Å². The molecule has 2 heterocycles. The second-order valence-corrected chi connectivity index (χ2v) is 3.27. The Balaban J connectivity index is 2.62. The van der Waals surface area contributed by atoms with Crippen LogP contribution in [0.4, 0.5) is 8.78 Å². The summed E-state index contributed by atoms with van der Waals surface area (Å²) in [6.07, 6.45) is 0.0847. The zero-order valence-electron chi connectivity index (χ0n) is 8.10. The summed E-state index contributed by atoms with van der Waals surface area (Å²) < 4.78 is 25.7. The third kappa shape index (κ3) is 1.73. The van der Waals surface area contributed by atoms with E-state index in [9.17, 15) is 13.6 Å². The van der Waals surface area contributed by atoms with Gasteiger partial charge in [-0.3, -0.25) is 0 Å². The molecule has 6 heteroatoms. The maximum absolute atomic E-state index is 12.3. The van der Waals surface area contributed by atoms with Crippen molar-refractivity contribution in [2.75, 3.05) is 0 Å². The molecule has 0 bridgehead atoms. The summed E-state index contributed by atoms with van der Waals surface area (Å²) in [5.74, 6) is -1.15. The van der Waals surface area contributed by atoms with E-state index in [4.69, 9.17) is 5.11 Å². The predicted molar refractivity (Wildman–Crippen MR) is 52.7 cm³/mol. The van der Waals surface area contributed by atoms with E-state index in [1.54, 1.807) is 12.1 Å². The van der Waals surface area contributed by atoms with Gasteiger partial charge in [0.25, 0.3) is 6.43 Å². The van der Waals surface area contributed by atoms with Crippen LogP contribution in [0.5, 0.6) is 0 Å². The highest BCUT2D eigenvalue weighted by atomic mass is 19.3. The summed E-state index contributed by atoms with van der Waals surface area (Å²) in [6.45, 7) is -0.555. The Kier molecular flexibility index (Phi) is 2.55. The highest BCUT2D eigenvalue weighted by Crippen LogP contribution is 2.20. The minimum absolute atomic E-state index is 0.0104. The standard InChI is InChI=1S/C10H8F2N2O2/c11-8(12)5-14-4-7(10(15)16)6-2-1-3-13-9(6)14/h1-4,8H,5H2,(H,15,16). The van der Waals surface area contributed by atoms with Gasteiger partial charge in [0.15, 0.2) is 0 Å². The summed E-state index contributed by atoms with van der Waals surface area (Å²) in [5, 5.41) is 9.27. The molecule has 0 spiro atoms. The van der Waals surface area contributed by atoms with Crippen LogP contribution in [0, 0.1) is 0 Å². The fourth-order valence-electron chi connectivity index (χ4n) is 1.58. The molecule has 0 radical (unpaired) electrons. The lowest BCUT2D eigenvalue weighted by Gasteiger charge is -2.01. The molecule has 0 atom stereocenters. The van der Waals surface area contributed by atoms with Crippen molar-refractivity contribution in [3.8, 4) is 0 Å². The molecule has 0 saturated carbocycles. The van der Waals surface area contributed by atoms with E-state index in [1.807, 2.05) is 0 Å². The number of alkyl halides is 2. The number of rotatable bonds is 3. The summed E-state index contributed by atoms with van der Waals surface area (Å²) in [5.41, 5.74) is 0.254. The number of pyridine rings is 1. The molecular weight excluding hydrogens is 218 g/mol. The van der Waals surface area contributed by atoms with Crippen molar-refractivity contribution >= 4 is 17.0 Å². The summed E-state index contributed by atoms with van der Waals surface area (Å²) in [6, 6.07) is 3.12. The van der Waals surface area contributed by atoms with Gasteiger partial charge in [0.05, 0.1) is 12.1 Å². The van der Waals surface area contributed by atoms with Gasteiger partial charge in [-0.2, -0.15) is 0 Å². The smallest absolute Gasteiger partial charge is 0.337 e. The molecule has 2 rings (SSSR count). The maximum Gasteiger partial charge on any atom is 0.337 e. The summed E-state index contributed by atoms with van der Waals surface area (Å²) >= 11 is 0. The maximum atomic E-state index is 12.3. The van der Waals surface area contributed by atoms with Gasteiger partial charge in [-0.1, -0.05) is 0 Å². The first-order chi connectivity index (χ1) is 7.59. The quantitative estimate of drug-likeness (QED) is 0.870. The van der Waals surface area contributed by atoms with Crippen molar-refractivity contribution in [1.82, 2.24) is 9.55 Å². The molecule has 84 valence electrons. The van der Waals surface area contributed by atoms with Gasteiger partial charge < -0.3 is 9.67 Å². The fraction of sp³-hybridized carbons (Fsp3) is 0.200. The second-order valence-electron chi connectivity index (χ2n) is 3.27. The number of nitrogens with zero attached hydrogens (tertiary/aromatic N) is 2. The third-order valence-electron chi connectivity index (χ3n) is 2.20. The molecule has 0 aliphatic heterocycles. The zero-order chi connectivity index (χ0) is 11.7. The molecule has 0 aromatic carbocycles. The molecule has 16 heavy (non-hydrogen) atoms. The zero-order valence-corrected chi connectivity index (χ0v) is 8.10. The largest absolute Gasteiger partial charge is 0.478 e. The van der Waals surface area contributed by atoms with Crippen LogP contribution in [-0.4, -0.2) is 27.1 Å². The SMILES string of the molecule is O=C(O)c1cn(CC(F)F)c2ncccc12. The molecule has 1 N–H and O–H groups in total. The fourth-order valence-corrected chi connectivity index (χ4v) is 1.58. The van der Waals surface area contributed by atoms with Crippen LogP contribution in [0.1, 0.15) is 10.4 Å². The first-order valence-corrected chi connectivity index (χ1v) is 4.55. The number of carboxylic acid groups (broad SMARTS) is 1. The van der Waals surface area contributed by atoms with Gasteiger partial charge in [-0.05, 0) is 12.1 Å². The van der Waals surface area contributed by atoms with Gasteiger partial charge in [-0.25, -0.2) is 18.6 Å². The highest BCUT2D eigenvalue weighted by molar-refractivity contribution is 6.02. The number of aromatic nitrogens is 2. The first kappa shape index (κ1) is 10.5. The van der Waals surface area contributed by atoms with Crippen LogP contribution >= 0.6 is 0 Å². The number of hydrogen-bond acceptors (Lipinski definition) is 2. The third-order valence-corrected chi connectivity index (χ3v) is 2.20. The lowest BCUT2D eigenvalue weighted by Crippen LogP contribution is -2.05. The van der Waals surface area contributed by atoms with E-state index in [1.165, 1.54) is 12.4 Å². The number of carboxylic acids is 1. The molecule has 0 fully saturated rings. The molecule has 0 saturated heterocycles. The van der Waals surface area contributed by atoms with Crippen molar-refractivity contribution in [1.29, 1.82) is 0 Å². The Bertz CT molecular complexity index is 537. The van der Waals surface area contributed by atoms with Crippen LogP contribution in [0.25, 0.3) is 11.0 Å². The Labute approximate surface area is 89.1 Å². The molecule has 0 aliphatic carbocycles. The van der Waals surface area contributed by atoms with E-state index >= 15 is 0 Å². The van der Waals surface area contributed by atoms with Crippen LogP contribution in [-0.2, 0) is 6.54 Å². The van der Waals surface area contributed by atoms with Crippen LogP contribution < -0.4 is 0 Å². The lowest BCUT2D eigenvalue weighted by atomic mass is 10.2. The number of hydrogen-bond donors (Lipinski definition) is 1. The second kappa shape index (κ2) is 3.88. The highest BCUT2D eigenvalue weighted by Gasteiger charge is 2.16. The van der Waals surface area contributed by atoms with Crippen molar-refractivity contribution in [3.63, 3.8) is 0 Å². The normalized spacial score (nSPS) is 11.2. The van der Waals surface area contributed by atoms with Gasteiger partial charge in [0.2, 0.25) is 0 Å². The van der Waals surface area contributed by atoms with E-state index in [2.05, 4.69) is 4.98 Å². The number of halogens is 2. The lowest BCUT2D eigenvalue weighted by molar-refractivity contribution is 0.0697. The summed E-state index contributed by atoms with van der Waals surface area (Å²) in [4.78, 5) is 14.8. The number of aromatic carboxylic acids is 1. The predicted octanol–water partition coefficient (Wildman–Crippen LogP) is 2.00. The van der Waals surface area contributed by atoms with E-state index in [-0.39, 0.29) is 11.2 Å². The van der Waals surface area contributed by atoms with E-state index < -0.39 is 18.9 Å². The first-order valence-electron chi connectivity index (χ1n) is 4.55. The minimum atomic E-state index is -2.54. The van der Waals surface area contributed by atoms with Gasteiger partial charge in [0, 0.05) is 17.8 Å². The van der Waals surface area contributed by atoms with Crippen LogP contribution in [0.15, 0.2) is 24.5 Å². The topological polar surface area (TPSA) is 55.1 Å². The average Bonchev–Trinajstić information content (AvgIpc) is 2.57. The Morgan fingerprint density at radius 1 is 1.56 bits per heavy atom. The molecule has 2 aromatic heterocycles. The molecule has 4 nitrogen and oxygen atoms in total. The Hall–Kier alpha value is -1.98. The molecule has 0 unspecified atom stereocenters. The van der Waals surface area contributed by atoms with Gasteiger partial charge in [0.1, 0.15) is 5.65 Å². The average molecular weight is 226 g/mol. The van der Waals surface area contributed by atoms with Crippen molar-refractivity contribution in [2.45, 2.75) is 13.0 Å². The summed E-state index contributed by atoms with van der Waals surface area (Å²) in [7, 11) is 0. The van der Waals surface area contributed by atoms with Gasteiger partial charge >= 0.3 is 5.97 Å². The molecular formula is C10H8F2N2O2. The Morgan fingerprint density at radius 2 is 2.31 bits per heavy atom. The van der Waals surface area contributed by atoms with Crippen molar-refractivity contribution < 1.29 is 18.7 Å². The monoisotopic (exact) mass is 226 g/mol. The van der Waals surface area contributed by atoms with Crippen molar-refractivity contribution in [3.05, 3.63) is 30.1 Å². The van der Waals surface area contributed by atoms with Crippen LogP contribution in [0.3, 0.4) is 0 Å². The molecule has 0 aliphatic rings. The number of carbonyl (C=O) groups is 1. The molecule has 0 amide bonds. The Morgan fingerprint density at radius 3 is 2.94 bits per heavy atom. The van der Waals surface area contributed by atoms with Gasteiger partial charge in [-0.15, -0.1) is 0 Å².